The van der Waals surface area contributed by atoms with Crippen LogP contribution in [0.4, 0.5) is 0 Å². The predicted molar refractivity (Wildman–Crippen MR) is 135 cm³/mol. The van der Waals surface area contributed by atoms with E-state index < -0.39 is 8.07 Å². The molecule has 3 heteroatoms. The van der Waals surface area contributed by atoms with Crippen molar-refractivity contribution in [3.63, 3.8) is 0 Å². The Bertz CT molecular complexity index is 1390. The second-order valence-corrected chi connectivity index (χ2v) is 15.6. The first-order valence-electron chi connectivity index (χ1n) is 11.3. The molecule has 31 heavy (non-hydrogen) atoms. The second-order valence-electron chi connectivity index (χ2n) is 10.5. The number of hydrogen-bond acceptors (Lipinski definition) is 1. The number of hydrogen-bond donors (Lipinski definition) is 0. The van der Waals surface area contributed by atoms with Crippen LogP contribution in [0.3, 0.4) is 0 Å². The van der Waals surface area contributed by atoms with Crippen LogP contribution in [-0.2, 0) is 7.05 Å². The standard InChI is InChI=1S/C28H32NOSi/c1-16(2)20-13-19-11-12-29(5)27-25-17(3)22-10-9-21(31(6,7)8)15-23(22)18(4)28(25)30-24(14-20)26(19)27/h9-16H,1-8H3/q+1. The molecule has 3 aromatic carbocycles. The largest absolute Gasteiger partial charge is 0.455 e. The van der Waals surface area contributed by atoms with Gasteiger partial charge in [-0.1, -0.05) is 62.9 Å². The molecule has 158 valence electrons. The zero-order valence-electron chi connectivity index (χ0n) is 20.0. The van der Waals surface area contributed by atoms with Gasteiger partial charge in [-0.15, -0.1) is 0 Å². The maximum absolute atomic E-state index is 6.74. The molecule has 0 spiro atoms. The molecular weight excluding hydrogens is 394 g/mol. The SMILES string of the molecule is Cc1c2c(c(C)c3ccc([Si](C)(C)C)cc13)-c1c3c(cc(C(C)C)cc3cc[n+]1C)O2. The summed E-state index contributed by atoms with van der Waals surface area (Å²) in [5.41, 5.74) is 6.37. The number of ether oxygens (including phenoxy) is 1. The Hall–Kier alpha value is -2.65. The molecule has 0 radical (unpaired) electrons. The summed E-state index contributed by atoms with van der Waals surface area (Å²) >= 11 is 0. The molecule has 0 atom stereocenters. The summed E-state index contributed by atoms with van der Waals surface area (Å²) in [6.07, 6.45) is 2.19. The molecule has 1 aliphatic heterocycles. The highest BCUT2D eigenvalue weighted by molar-refractivity contribution is 6.88. The van der Waals surface area contributed by atoms with Crippen LogP contribution in [-0.4, -0.2) is 8.07 Å². The van der Waals surface area contributed by atoms with E-state index in [2.05, 4.69) is 102 Å². The minimum atomic E-state index is -1.40. The monoisotopic (exact) mass is 426 g/mol. The Labute approximate surface area is 186 Å². The van der Waals surface area contributed by atoms with Crippen molar-refractivity contribution in [3.8, 4) is 22.8 Å². The number of rotatable bonds is 2. The molecule has 0 amide bonds. The van der Waals surface area contributed by atoms with Gasteiger partial charge in [0.2, 0.25) is 5.69 Å². The molecule has 0 aliphatic carbocycles. The van der Waals surface area contributed by atoms with Gasteiger partial charge in [0.1, 0.15) is 18.5 Å². The Balaban J connectivity index is 1.91. The van der Waals surface area contributed by atoms with Gasteiger partial charge in [0.05, 0.1) is 19.0 Å². The fourth-order valence-electron chi connectivity index (χ4n) is 4.99. The lowest BCUT2D eigenvalue weighted by molar-refractivity contribution is -0.659. The maximum Gasteiger partial charge on any atom is 0.228 e. The molecule has 0 saturated carbocycles. The average molecular weight is 427 g/mol. The topological polar surface area (TPSA) is 13.1 Å². The maximum atomic E-state index is 6.74. The fraction of sp³-hybridized carbons (Fsp3) is 0.321. The molecule has 0 unspecified atom stereocenters. The minimum absolute atomic E-state index is 0.460. The van der Waals surface area contributed by atoms with Crippen molar-refractivity contribution in [1.82, 2.24) is 0 Å². The van der Waals surface area contributed by atoms with E-state index in [-0.39, 0.29) is 0 Å². The number of pyridine rings is 1. The van der Waals surface area contributed by atoms with E-state index in [1.807, 2.05) is 0 Å². The number of benzene rings is 3. The van der Waals surface area contributed by atoms with Crippen LogP contribution in [0.5, 0.6) is 11.5 Å². The van der Waals surface area contributed by atoms with Crippen molar-refractivity contribution in [3.05, 3.63) is 59.3 Å². The number of nitrogens with zero attached hydrogens (tertiary/aromatic N) is 1. The van der Waals surface area contributed by atoms with Crippen LogP contribution in [0, 0.1) is 13.8 Å². The van der Waals surface area contributed by atoms with E-state index >= 15 is 0 Å². The van der Waals surface area contributed by atoms with Gasteiger partial charge in [0, 0.05) is 11.6 Å². The van der Waals surface area contributed by atoms with Crippen LogP contribution < -0.4 is 14.5 Å². The highest BCUT2D eigenvalue weighted by Crippen LogP contribution is 2.50. The molecule has 0 saturated heterocycles. The quantitative estimate of drug-likeness (QED) is 0.222. The first kappa shape index (κ1) is 20.3. The third-order valence-electron chi connectivity index (χ3n) is 6.97. The zero-order valence-corrected chi connectivity index (χ0v) is 21.0. The summed E-state index contributed by atoms with van der Waals surface area (Å²) in [4.78, 5) is 0. The average Bonchev–Trinajstić information content (AvgIpc) is 2.72. The third kappa shape index (κ3) is 2.94. The molecule has 2 nitrogen and oxygen atoms in total. The Morgan fingerprint density at radius 3 is 2.32 bits per heavy atom. The summed E-state index contributed by atoms with van der Waals surface area (Å²) in [7, 11) is 0.753. The lowest BCUT2D eigenvalue weighted by Crippen LogP contribution is -2.37. The molecule has 5 rings (SSSR count). The van der Waals surface area contributed by atoms with E-state index in [4.69, 9.17) is 4.74 Å². The highest BCUT2D eigenvalue weighted by Gasteiger charge is 2.32. The Morgan fingerprint density at radius 2 is 1.65 bits per heavy atom. The number of aromatic nitrogens is 1. The Kier molecular flexibility index (Phi) is 4.36. The van der Waals surface area contributed by atoms with E-state index in [9.17, 15) is 0 Å². The lowest BCUT2D eigenvalue weighted by atomic mass is 9.88. The summed E-state index contributed by atoms with van der Waals surface area (Å²) in [5.74, 6) is 2.47. The summed E-state index contributed by atoms with van der Waals surface area (Å²) in [6, 6.07) is 13.9. The normalized spacial score (nSPS) is 13.1. The first-order valence-corrected chi connectivity index (χ1v) is 14.8. The van der Waals surface area contributed by atoms with Crippen molar-refractivity contribution in [2.75, 3.05) is 0 Å². The summed E-state index contributed by atoms with van der Waals surface area (Å²) < 4.78 is 9.00. The van der Waals surface area contributed by atoms with Gasteiger partial charge in [0.15, 0.2) is 6.20 Å². The van der Waals surface area contributed by atoms with Crippen molar-refractivity contribution in [1.29, 1.82) is 0 Å². The van der Waals surface area contributed by atoms with Gasteiger partial charge < -0.3 is 4.74 Å². The van der Waals surface area contributed by atoms with Gasteiger partial charge >= 0.3 is 0 Å². The second kappa shape index (κ2) is 6.67. The van der Waals surface area contributed by atoms with Gasteiger partial charge in [0.25, 0.3) is 0 Å². The van der Waals surface area contributed by atoms with Gasteiger partial charge in [-0.05, 0) is 53.1 Å². The number of aryl methyl sites for hydroxylation is 3. The van der Waals surface area contributed by atoms with Crippen LogP contribution in [0.15, 0.2) is 42.6 Å². The molecule has 4 aromatic rings. The van der Waals surface area contributed by atoms with Crippen LogP contribution >= 0.6 is 0 Å². The van der Waals surface area contributed by atoms with Crippen molar-refractivity contribution in [2.24, 2.45) is 7.05 Å². The zero-order chi connectivity index (χ0) is 22.2. The smallest absolute Gasteiger partial charge is 0.228 e. The molecule has 1 aliphatic rings. The fourth-order valence-corrected chi connectivity index (χ4v) is 6.15. The van der Waals surface area contributed by atoms with Crippen LogP contribution in [0.2, 0.25) is 19.6 Å². The lowest BCUT2D eigenvalue weighted by Gasteiger charge is -2.26. The van der Waals surface area contributed by atoms with Crippen LogP contribution in [0.25, 0.3) is 32.8 Å². The molecule has 0 N–H and O–H groups in total. The van der Waals surface area contributed by atoms with Crippen molar-refractivity contribution < 1.29 is 9.30 Å². The van der Waals surface area contributed by atoms with Crippen molar-refractivity contribution >= 4 is 34.8 Å². The predicted octanol–water partition coefficient (Wildman–Crippen LogP) is 6.88. The van der Waals surface area contributed by atoms with E-state index in [0.717, 1.165) is 11.5 Å². The molecule has 2 heterocycles. The van der Waals surface area contributed by atoms with E-state index in [1.165, 1.54) is 54.7 Å². The molecule has 0 fully saturated rings. The number of fused-ring (bicyclic) bond motifs is 3. The third-order valence-corrected chi connectivity index (χ3v) is 9.02. The van der Waals surface area contributed by atoms with Gasteiger partial charge in [-0.3, -0.25) is 0 Å². The van der Waals surface area contributed by atoms with Gasteiger partial charge in [-0.2, -0.15) is 0 Å². The van der Waals surface area contributed by atoms with Crippen molar-refractivity contribution in [2.45, 2.75) is 53.3 Å². The van der Waals surface area contributed by atoms with E-state index in [1.54, 1.807) is 0 Å². The molecule has 0 bridgehead atoms. The first-order chi connectivity index (χ1) is 14.6. The highest BCUT2D eigenvalue weighted by atomic mass is 28.3. The molecular formula is C28H32NOSi+. The summed E-state index contributed by atoms with van der Waals surface area (Å²) in [5, 5.41) is 6.64. The Morgan fingerprint density at radius 1 is 0.903 bits per heavy atom. The molecule has 1 aromatic heterocycles. The van der Waals surface area contributed by atoms with Gasteiger partial charge in [-0.25, -0.2) is 4.57 Å². The summed E-state index contributed by atoms with van der Waals surface area (Å²) in [6.45, 7) is 16.2. The van der Waals surface area contributed by atoms with Crippen LogP contribution in [0.1, 0.15) is 36.5 Å². The minimum Gasteiger partial charge on any atom is -0.455 e. The van der Waals surface area contributed by atoms with E-state index in [0.29, 0.717) is 5.92 Å².